The standard InChI is InChI=1S/C42H34B8O/c43-35-31-29(19-8-2-1-3-9-19)32-34(38(46)42(50)40(48)36(32)44)30(33(31)37(45)41(49)39(35)47)21-14-15-27-22(16-21)18-28(51-27)26-17-20-10-4-5-11-23(20)24-12-6-7-13-25(24)26/h1-18H,43-50H2. The van der Waals surface area contributed by atoms with Gasteiger partial charge < -0.3 is 4.42 Å². The third-order valence-electron chi connectivity index (χ3n) is 12.3. The average Bonchev–Trinajstić information content (AvgIpc) is 3.60. The molecule has 0 fully saturated rings. The molecule has 0 spiro atoms. The van der Waals surface area contributed by atoms with Crippen LogP contribution in [0.3, 0.4) is 0 Å². The smallest absolute Gasteiger partial charge is 0.139 e. The summed E-state index contributed by atoms with van der Waals surface area (Å²) in [5.74, 6) is 0.898. The molecule has 51 heavy (non-hydrogen) atoms. The Labute approximate surface area is 306 Å². The summed E-state index contributed by atoms with van der Waals surface area (Å²) in [5.41, 5.74) is 18.1. The van der Waals surface area contributed by atoms with Crippen LogP contribution < -0.4 is 43.7 Å². The second-order valence-corrected chi connectivity index (χ2v) is 14.7. The van der Waals surface area contributed by atoms with Gasteiger partial charge in [-0.25, -0.2) is 0 Å². The van der Waals surface area contributed by atoms with Crippen molar-refractivity contribution >= 4 is 161 Å². The summed E-state index contributed by atoms with van der Waals surface area (Å²) in [6.45, 7) is 0. The average molecular weight is 641 g/mol. The van der Waals surface area contributed by atoms with Gasteiger partial charge >= 0.3 is 0 Å². The minimum Gasteiger partial charge on any atom is -0.456 e. The Morgan fingerprint density at radius 3 is 1.43 bits per heavy atom. The van der Waals surface area contributed by atoms with Gasteiger partial charge in [-0.1, -0.05) is 107 Å². The lowest BCUT2D eigenvalue weighted by Gasteiger charge is -2.28. The SMILES string of the molecule is Bc1c(B)c(B)c2c(-c3ccc4oc(-c5cc6ccccc6c6ccccc56)cc4c3)c3c(B)c(B)c(B)c(B)c3c(-c3ccccc3)c2c1B. The number of furan rings is 1. The van der Waals surface area contributed by atoms with Crippen molar-refractivity contribution in [1.82, 2.24) is 0 Å². The Morgan fingerprint density at radius 1 is 0.353 bits per heavy atom. The van der Waals surface area contributed by atoms with E-state index in [1.54, 1.807) is 0 Å². The maximum absolute atomic E-state index is 6.71. The first-order valence-corrected chi connectivity index (χ1v) is 18.1. The van der Waals surface area contributed by atoms with Crippen LogP contribution in [0.5, 0.6) is 0 Å². The molecule has 0 radical (unpaired) electrons. The zero-order valence-corrected chi connectivity index (χ0v) is 30.8. The maximum atomic E-state index is 6.71. The van der Waals surface area contributed by atoms with E-state index in [0.717, 1.165) is 22.3 Å². The topological polar surface area (TPSA) is 13.1 Å². The molecular formula is C42H34B8O. The minimum absolute atomic E-state index is 0.898. The minimum atomic E-state index is 0.898. The molecule has 9 rings (SSSR count). The van der Waals surface area contributed by atoms with Gasteiger partial charge in [0.1, 0.15) is 74.1 Å². The summed E-state index contributed by atoms with van der Waals surface area (Å²) in [7, 11) is 18.5. The lowest BCUT2D eigenvalue weighted by Crippen LogP contribution is -2.50. The number of hydrogen-bond donors (Lipinski definition) is 0. The van der Waals surface area contributed by atoms with Crippen molar-refractivity contribution < 1.29 is 4.42 Å². The van der Waals surface area contributed by atoms with E-state index in [4.69, 9.17) is 4.42 Å². The second kappa shape index (κ2) is 11.7. The van der Waals surface area contributed by atoms with E-state index in [-0.39, 0.29) is 0 Å². The number of hydrogen-bond acceptors (Lipinski definition) is 1. The molecule has 9 aromatic rings. The van der Waals surface area contributed by atoms with E-state index in [1.165, 1.54) is 109 Å². The van der Waals surface area contributed by atoms with E-state index in [9.17, 15) is 0 Å². The van der Waals surface area contributed by atoms with Crippen LogP contribution in [0.15, 0.2) is 114 Å². The van der Waals surface area contributed by atoms with Crippen LogP contribution in [0.1, 0.15) is 0 Å². The molecule has 0 N–H and O–H groups in total. The van der Waals surface area contributed by atoms with E-state index in [0.29, 0.717) is 0 Å². The molecule has 232 valence electrons. The molecule has 0 aliphatic carbocycles. The Hall–Kier alpha value is -5.14. The molecule has 1 nitrogen and oxygen atoms in total. The number of rotatable bonds is 3. The number of fused-ring (bicyclic) bond motifs is 6. The fourth-order valence-corrected chi connectivity index (χ4v) is 8.90. The number of benzene rings is 8. The Bertz CT molecular complexity index is 2870. The predicted octanol–water partition coefficient (Wildman–Crippen LogP) is -1.89. The summed E-state index contributed by atoms with van der Waals surface area (Å²) in [6.07, 6.45) is 0. The first-order chi connectivity index (χ1) is 24.7. The van der Waals surface area contributed by atoms with Gasteiger partial charge in [0.05, 0.1) is 0 Å². The van der Waals surface area contributed by atoms with Crippen LogP contribution in [-0.4, -0.2) is 62.8 Å². The molecule has 0 aliphatic rings. The lowest BCUT2D eigenvalue weighted by atomic mass is 9.59. The fourth-order valence-electron chi connectivity index (χ4n) is 8.90. The van der Waals surface area contributed by atoms with Gasteiger partial charge in [0, 0.05) is 10.9 Å². The van der Waals surface area contributed by atoms with Gasteiger partial charge in [-0.3, -0.25) is 0 Å². The molecule has 0 unspecified atom stereocenters. The summed E-state index contributed by atoms with van der Waals surface area (Å²) in [6, 6.07) is 39.8. The Kier molecular flexibility index (Phi) is 7.30. The molecule has 1 aromatic heterocycles. The molecule has 0 bridgehead atoms. The van der Waals surface area contributed by atoms with Crippen LogP contribution >= 0.6 is 0 Å². The van der Waals surface area contributed by atoms with E-state index in [2.05, 4.69) is 172 Å². The Balaban J connectivity index is 1.41. The highest BCUT2D eigenvalue weighted by atomic mass is 16.3. The summed E-state index contributed by atoms with van der Waals surface area (Å²) in [5, 5.41) is 11.5. The molecule has 0 saturated heterocycles. The van der Waals surface area contributed by atoms with Crippen molar-refractivity contribution in [2.45, 2.75) is 0 Å². The summed E-state index contributed by atoms with van der Waals surface area (Å²) in [4.78, 5) is 0. The Morgan fingerprint density at radius 2 is 0.843 bits per heavy atom. The van der Waals surface area contributed by atoms with Crippen LogP contribution in [0.2, 0.25) is 0 Å². The van der Waals surface area contributed by atoms with Crippen LogP contribution in [0.4, 0.5) is 0 Å². The van der Waals surface area contributed by atoms with Crippen molar-refractivity contribution in [3.63, 3.8) is 0 Å². The highest BCUT2D eigenvalue weighted by Gasteiger charge is 2.25. The highest BCUT2D eigenvalue weighted by Crippen LogP contribution is 2.43. The van der Waals surface area contributed by atoms with Crippen molar-refractivity contribution in [2.24, 2.45) is 0 Å². The van der Waals surface area contributed by atoms with Gasteiger partial charge in [-0.05, 0) is 89.6 Å². The van der Waals surface area contributed by atoms with Gasteiger partial charge in [-0.2, -0.15) is 0 Å². The van der Waals surface area contributed by atoms with Gasteiger partial charge in [0.2, 0.25) is 0 Å². The zero-order valence-electron chi connectivity index (χ0n) is 30.8. The third kappa shape index (κ3) is 4.60. The summed E-state index contributed by atoms with van der Waals surface area (Å²) >= 11 is 0. The molecule has 0 saturated carbocycles. The van der Waals surface area contributed by atoms with Crippen LogP contribution in [0, 0.1) is 0 Å². The van der Waals surface area contributed by atoms with Crippen LogP contribution in [-0.2, 0) is 0 Å². The van der Waals surface area contributed by atoms with Gasteiger partial charge in [0.15, 0.2) is 0 Å². The molecule has 0 amide bonds. The molecule has 1 heterocycles. The first kappa shape index (κ1) is 31.8. The second-order valence-electron chi connectivity index (χ2n) is 14.7. The quantitative estimate of drug-likeness (QED) is 0.125. The molecule has 8 aromatic carbocycles. The van der Waals surface area contributed by atoms with Crippen molar-refractivity contribution in [3.05, 3.63) is 109 Å². The normalized spacial score (nSPS) is 11.8. The monoisotopic (exact) mass is 642 g/mol. The summed E-state index contributed by atoms with van der Waals surface area (Å²) < 4.78 is 6.71. The largest absolute Gasteiger partial charge is 0.456 e. The van der Waals surface area contributed by atoms with E-state index < -0.39 is 0 Å². The maximum Gasteiger partial charge on any atom is 0.139 e. The molecule has 0 aliphatic heterocycles. The molecular weight excluding hydrogens is 607 g/mol. The fraction of sp³-hybridized carbons (Fsp3) is 0. The first-order valence-electron chi connectivity index (χ1n) is 18.1. The van der Waals surface area contributed by atoms with Gasteiger partial charge in [-0.15, -0.1) is 21.9 Å². The molecule has 9 heteroatoms. The van der Waals surface area contributed by atoms with E-state index in [1.807, 2.05) is 0 Å². The van der Waals surface area contributed by atoms with Crippen LogP contribution in [0.25, 0.3) is 87.6 Å². The van der Waals surface area contributed by atoms with Crippen molar-refractivity contribution in [1.29, 1.82) is 0 Å². The lowest BCUT2D eigenvalue weighted by molar-refractivity contribution is 0.632. The zero-order chi connectivity index (χ0) is 35.3. The predicted molar refractivity (Wildman–Crippen MR) is 248 cm³/mol. The van der Waals surface area contributed by atoms with Crippen molar-refractivity contribution in [2.75, 3.05) is 0 Å². The molecule has 0 atom stereocenters. The third-order valence-corrected chi connectivity index (χ3v) is 12.3. The van der Waals surface area contributed by atoms with E-state index >= 15 is 0 Å². The van der Waals surface area contributed by atoms with Crippen molar-refractivity contribution in [3.8, 4) is 33.6 Å². The van der Waals surface area contributed by atoms with Gasteiger partial charge in [0.25, 0.3) is 0 Å². The highest BCUT2D eigenvalue weighted by molar-refractivity contribution is 6.71.